The number of fused-ring (bicyclic) bond motifs is 2. The minimum absolute atomic E-state index is 0.130. The van der Waals surface area contributed by atoms with Gasteiger partial charge in [0.15, 0.2) is 5.78 Å². The fourth-order valence-electron chi connectivity index (χ4n) is 3.11. The predicted molar refractivity (Wildman–Crippen MR) is 64.0 cm³/mol. The molecule has 3 heterocycles. The standard InChI is InChI=1S/C13H14F3N3O/c14-13(15,16)12-17-5-8(6-18-12)11(20)7-3-9-1-2-10(4-7)19-9/h5-7,9-10,19H,1-4H2. The number of aromatic nitrogens is 2. The van der Waals surface area contributed by atoms with Gasteiger partial charge in [0.05, 0.1) is 5.56 Å². The van der Waals surface area contributed by atoms with Crippen molar-refractivity contribution in [2.45, 2.75) is 43.9 Å². The van der Waals surface area contributed by atoms with Gasteiger partial charge >= 0.3 is 6.18 Å². The molecule has 2 aliphatic rings. The van der Waals surface area contributed by atoms with E-state index < -0.39 is 12.0 Å². The maximum Gasteiger partial charge on any atom is 0.451 e. The van der Waals surface area contributed by atoms with Gasteiger partial charge in [-0.05, 0) is 25.7 Å². The molecule has 2 atom stereocenters. The molecule has 2 unspecified atom stereocenters. The smallest absolute Gasteiger partial charge is 0.311 e. The number of carbonyl (C=O) groups excluding carboxylic acids is 1. The first-order valence-electron chi connectivity index (χ1n) is 6.63. The van der Waals surface area contributed by atoms with Crippen molar-refractivity contribution in [3.63, 3.8) is 0 Å². The lowest BCUT2D eigenvalue weighted by atomic mass is 9.86. The molecule has 2 saturated heterocycles. The van der Waals surface area contributed by atoms with E-state index in [1.54, 1.807) is 0 Å². The number of hydrogen-bond acceptors (Lipinski definition) is 4. The van der Waals surface area contributed by atoms with Gasteiger partial charge in [0, 0.05) is 30.4 Å². The number of nitrogens with one attached hydrogen (secondary N) is 1. The zero-order valence-electron chi connectivity index (χ0n) is 10.7. The van der Waals surface area contributed by atoms with Gasteiger partial charge in [-0.25, -0.2) is 9.97 Å². The first kappa shape index (κ1) is 13.5. The van der Waals surface area contributed by atoms with E-state index in [9.17, 15) is 18.0 Å². The zero-order valence-corrected chi connectivity index (χ0v) is 10.7. The van der Waals surface area contributed by atoms with E-state index in [0.717, 1.165) is 38.1 Å². The number of nitrogens with zero attached hydrogens (tertiary/aromatic N) is 2. The lowest BCUT2D eigenvalue weighted by Crippen LogP contribution is -2.40. The third-order valence-corrected chi connectivity index (χ3v) is 4.03. The fraction of sp³-hybridized carbons (Fsp3) is 0.615. The van der Waals surface area contributed by atoms with Crippen LogP contribution in [0.4, 0.5) is 13.2 Å². The van der Waals surface area contributed by atoms with Crippen molar-refractivity contribution in [2.24, 2.45) is 5.92 Å². The molecule has 7 heteroatoms. The fourth-order valence-corrected chi connectivity index (χ4v) is 3.11. The molecule has 0 saturated carbocycles. The first-order chi connectivity index (χ1) is 9.43. The molecule has 0 aromatic carbocycles. The van der Waals surface area contributed by atoms with Crippen LogP contribution in [0, 0.1) is 5.92 Å². The quantitative estimate of drug-likeness (QED) is 0.846. The molecule has 2 aliphatic heterocycles. The Morgan fingerprint density at radius 3 is 2.20 bits per heavy atom. The summed E-state index contributed by atoms with van der Waals surface area (Å²) in [6.45, 7) is 0. The summed E-state index contributed by atoms with van der Waals surface area (Å²) in [6.07, 6.45) is 1.03. The van der Waals surface area contributed by atoms with Crippen molar-refractivity contribution in [2.75, 3.05) is 0 Å². The number of rotatable bonds is 2. The number of Topliss-reactive ketones (excluding diaryl/α,β-unsaturated/α-hetero) is 1. The number of hydrogen-bond donors (Lipinski definition) is 1. The van der Waals surface area contributed by atoms with Crippen LogP contribution in [-0.2, 0) is 6.18 Å². The molecule has 1 aromatic rings. The number of ketones is 1. The molecule has 108 valence electrons. The van der Waals surface area contributed by atoms with Crippen LogP contribution in [0.5, 0.6) is 0 Å². The van der Waals surface area contributed by atoms with Gasteiger partial charge in [0.1, 0.15) is 0 Å². The molecule has 20 heavy (non-hydrogen) atoms. The van der Waals surface area contributed by atoms with Crippen LogP contribution in [0.25, 0.3) is 0 Å². The summed E-state index contributed by atoms with van der Waals surface area (Å²) >= 11 is 0. The van der Waals surface area contributed by atoms with Crippen molar-refractivity contribution < 1.29 is 18.0 Å². The summed E-state index contributed by atoms with van der Waals surface area (Å²) in [4.78, 5) is 18.8. The second kappa shape index (κ2) is 4.80. The second-order valence-corrected chi connectivity index (χ2v) is 5.46. The van der Waals surface area contributed by atoms with Gasteiger partial charge < -0.3 is 5.32 Å². The Morgan fingerprint density at radius 2 is 1.70 bits per heavy atom. The van der Waals surface area contributed by atoms with Crippen LogP contribution < -0.4 is 5.32 Å². The van der Waals surface area contributed by atoms with E-state index in [1.165, 1.54) is 0 Å². The van der Waals surface area contributed by atoms with E-state index in [4.69, 9.17) is 0 Å². The van der Waals surface area contributed by atoms with Gasteiger partial charge in [-0.1, -0.05) is 0 Å². The Hall–Kier alpha value is -1.50. The summed E-state index contributed by atoms with van der Waals surface area (Å²) in [6, 6.07) is 0.719. The summed E-state index contributed by atoms with van der Waals surface area (Å²) < 4.78 is 37.1. The monoisotopic (exact) mass is 285 g/mol. The van der Waals surface area contributed by atoms with Crippen LogP contribution >= 0.6 is 0 Å². The van der Waals surface area contributed by atoms with Gasteiger partial charge in [0.2, 0.25) is 5.82 Å². The van der Waals surface area contributed by atoms with E-state index in [1.807, 2.05) is 0 Å². The Kier molecular flexibility index (Phi) is 3.24. The highest BCUT2D eigenvalue weighted by molar-refractivity contribution is 5.97. The Balaban J connectivity index is 1.74. The SMILES string of the molecule is O=C(c1cnc(C(F)(F)F)nc1)C1CC2CCC(C1)N2. The van der Waals surface area contributed by atoms with Crippen LogP contribution in [0.3, 0.4) is 0 Å². The van der Waals surface area contributed by atoms with Crippen LogP contribution in [0.2, 0.25) is 0 Å². The third kappa shape index (κ3) is 2.54. The molecule has 3 rings (SSSR count). The lowest BCUT2D eigenvalue weighted by Gasteiger charge is -2.27. The van der Waals surface area contributed by atoms with Gasteiger partial charge in [-0.15, -0.1) is 0 Å². The average Bonchev–Trinajstić information content (AvgIpc) is 2.76. The zero-order chi connectivity index (χ0) is 14.3. The van der Waals surface area contributed by atoms with E-state index in [2.05, 4.69) is 15.3 Å². The summed E-state index contributed by atoms with van der Waals surface area (Å²) in [7, 11) is 0. The first-order valence-corrected chi connectivity index (χ1v) is 6.63. The highest BCUT2D eigenvalue weighted by Crippen LogP contribution is 2.33. The van der Waals surface area contributed by atoms with Gasteiger partial charge in [-0.2, -0.15) is 13.2 Å². The highest BCUT2D eigenvalue weighted by Gasteiger charge is 2.38. The average molecular weight is 285 g/mol. The number of piperidine rings is 1. The molecule has 2 bridgehead atoms. The minimum atomic E-state index is -4.57. The topological polar surface area (TPSA) is 54.9 Å². The number of halogens is 3. The van der Waals surface area contributed by atoms with Crippen LogP contribution in [0.15, 0.2) is 12.4 Å². The largest absolute Gasteiger partial charge is 0.451 e. The van der Waals surface area contributed by atoms with Crippen LogP contribution in [-0.4, -0.2) is 27.8 Å². The molecule has 0 spiro atoms. The van der Waals surface area contributed by atoms with Crippen molar-refractivity contribution in [3.05, 3.63) is 23.8 Å². The molecule has 0 radical (unpaired) electrons. The van der Waals surface area contributed by atoms with E-state index >= 15 is 0 Å². The van der Waals surface area contributed by atoms with Crippen molar-refractivity contribution in [1.82, 2.24) is 15.3 Å². The lowest BCUT2D eigenvalue weighted by molar-refractivity contribution is -0.145. The molecule has 2 fully saturated rings. The van der Waals surface area contributed by atoms with Gasteiger partial charge in [-0.3, -0.25) is 4.79 Å². The normalized spacial score (nSPS) is 29.4. The summed E-state index contributed by atoms with van der Waals surface area (Å²) in [5, 5.41) is 3.42. The molecular weight excluding hydrogens is 271 g/mol. The maximum absolute atomic E-state index is 12.4. The van der Waals surface area contributed by atoms with Crippen LogP contribution in [0.1, 0.15) is 41.9 Å². The summed E-state index contributed by atoms with van der Waals surface area (Å²) in [5.41, 5.74) is 0.171. The maximum atomic E-state index is 12.4. The van der Waals surface area contributed by atoms with Crippen molar-refractivity contribution in [1.29, 1.82) is 0 Å². The number of carbonyl (C=O) groups is 1. The molecular formula is C13H14F3N3O. The van der Waals surface area contributed by atoms with E-state index in [0.29, 0.717) is 12.1 Å². The van der Waals surface area contributed by atoms with Crippen molar-refractivity contribution in [3.8, 4) is 0 Å². The molecule has 0 aliphatic carbocycles. The highest BCUT2D eigenvalue weighted by atomic mass is 19.4. The molecule has 4 nitrogen and oxygen atoms in total. The predicted octanol–water partition coefficient (Wildman–Crippen LogP) is 2.21. The Bertz CT molecular complexity index is 503. The second-order valence-electron chi connectivity index (χ2n) is 5.46. The van der Waals surface area contributed by atoms with Crippen molar-refractivity contribution >= 4 is 5.78 Å². The third-order valence-electron chi connectivity index (χ3n) is 4.03. The number of alkyl halides is 3. The summed E-state index contributed by atoms with van der Waals surface area (Å²) in [5.74, 6) is -1.48. The van der Waals surface area contributed by atoms with Gasteiger partial charge in [0.25, 0.3) is 0 Å². The minimum Gasteiger partial charge on any atom is -0.311 e. The molecule has 1 N–H and O–H groups in total. The Labute approximate surface area is 113 Å². The molecule has 0 amide bonds. The molecule has 1 aromatic heterocycles. The Morgan fingerprint density at radius 1 is 1.15 bits per heavy atom. The van der Waals surface area contributed by atoms with E-state index in [-0.39, 0.29) is 17.3 Å².